The molecule has 1 atom stereocenters. The number of benzene rings is 1. The minimum atomic E-state index is -2.98. The van der Waals surface area contributed by atoms with Crippen molar-refractivity contribution in [3.05, 3.63) is 78.4 Å². The van der Waals surface area contributed by atoms with Crippen LogP contribution in [0.4, 0.5) is 20.2 Å². The summed E-state index contributed by atoms with van der Waals surface area (Å²) < 4.78 is 29.8. The van der Waals surface area contributed by atoms with Crippen LogP contribution in [0.2, 0.25) is 0 Å². The van der Waals surface area contributed by atoms with E-state index >= 15 is 0 Å². The average Bonchev–Trinajstić information content (AvgIpc) is 2.82. The molecular formula is C24H22F2N6O2. The van der Waals surface area contributed by atoms with E-state index in [9.17, 15) is 13.6 Å². The number of primary amides is 1. The molecular weight excluding hydrogens is 442 g/mol. The molecule has 3 heterocycles. The topological polar surface area (TPSA) is 106 Å². The van der Waals surface area contributed by atoms with Gasteiger partial charge in [0.1, 0.15) is 5.71 Å². The van der Waals surface area contributed by atoms with E-state index in [0.29, 0.717) is 16.9 Å². The second-order valence-corrected chi connectivity index (χ2v) is 7.50. The Balaban J connectivity index is 1.74. The molecule has 0 saturated heterocycles. The molecule has 174 valence electrons. The Morgan fingerprint density at radius 1 is 1.21 bits per heavy atom. The van der Waals surface area contributed by atoms with Crippen molar-refractivity contribution in [1.29, 1.82) is 0 Å². The molecule has 34 heavy (non-hydrogen) atoms. The van der Waals surface area contributed by atoms with Gasteiger partial charge in [0.25, 0.3) is 5.91 Å². The van der Waals surface area contributed by atoms with Gasteiger partial charge in [-0.15, -0.1) is 0 Å². The molecule has 0 spiro atoms. The van der Waals surface area contributed by atoms with Crippen molar-refractivity contribution in [2.24, 2.45) is 10.7 Å². The smallest absolute Gasteiger partial charge is 0.388 e. The van der Waals surface area contributed by atoms with E-state index in [-0.39, 0.29) is 11.6 Å². The average molecular weight is 464 g/mol. The largest absolute Gasteiger partial charge is 0.417 e. The molecule has 0 fully saturated rings. The van der Waals surface area contributed by atoms with E-state index in [1.165, 1.54) is 6.08 Å². The standard InChI is InChI=1S/C24H22F2N6O2/c1-14-12-19(15(2)29-22(14)34-23(25)26)31-24-30-18(21(27)33)9-11-32(24)20-13-28-10-8-17(20)16-6-4-3-5-7-16/h3-13,23-24,31H,1-2H3,(H2,27,33). The molecule has 1 aromatic carbocycles. The zero-order chi connectivity index (χ0) is 24.2. The predicted molar refractivity (Wildman–Crippen MR) is 126 cm³/mol. The van der Waals surface area contributed by atoms with Gasteiger partial charge in [-0.25, -0.2) is 9.98 Å². The number of aryl methyl sites for hydroxylation is 2. The lowest BCUT2D eigenvalue weighted by Gasteiger charge is -2.33. The second kappa shape index (κ2) is 9.65. The van der Waals surface area contributed by atoms with Gasteiger partial charge in [0.15, 0.2) is 0 Å². The van der Waals surface area contributed by atoms with Crippen molar-refractivity contribution >= 4 is 23.0 Å². The van der Waals surface area contributed by atoms with Crippen LogP contribution in [0.15, 0.2) is 72.1 Å². The molecule has 0 saturated carbocycles. The summed E-state index contributed by atoms with van der Waals surface area (Å²) in [6, 6.07) is 13.3. The Morgan fingerprint density at radius 3 is 2.68 bits per heavy atom. The number of carbonyl (C=O) groups is 1. The van der Waals surface area contributed by atoms with Crippen LogP contribution < -0.4 is 20.7 Å². The number of halogens is 2. The van der Waals surface area contributed by atoms with E-state index in [0.717, 1.165) is 16.8 Å². The number of alkyl halides is 2. The molecule has 3 aromatic rings. The maximum absolute atomic E-state index is 12.7. The fraction of sp³-hybridized carbons (Fsp3) is 0.167. The van der Waals surface area contributed by atoms with Gasteiger partial charge in [-0.1, -0.05) is 30.3 Å². The zero-order valence-corrected chi connectivity index (χ0v) is 18.4. The summed E-state index contributed by atoms with van der Waals surface area (Å²) in [6.07, 6.45) is 5.82. The van der Waals surface area contributed by atoms with Crippen LogP contribution in [0.25, 0.3) is 11.1 Å². The quantitative estimate of drug-likeness (QED) is 0.547. The number of aliphatic imine (C=N–C) groups is 1. The first-order chi connectivity index (χ1) is 16.3. The predicted octanol–water partition coefficient (Wildman–Crippen LogP) is 4.02. The van der Waals surface area contributed by atoms with E-state index in [2.05, 4.69) is 25.0 Å². The third kappa shape index (κ3) is 4.85. The normalized spacial score (nSPS) is 15.3. The Morgan fingerprint density at radius 2 is 1.97 bits per heavy atom. The molecule has 10 heteroatoms. The summed E-state index contributed by atoms with van der Waals surface area (Å²) >= 11 is 0. The van der Waals surface area contributed by atoms with E-state index in [1.807, 2.05) is 36.4 Å². The van der Waals surface area contributed by atoms with Gasteiger partial charge in [-0.3, -0.25) is 9.78 Å². The number of ether oxygens (including phenoxy) is 1. The van der Waals surface area contributed by atoms with Crippen LogP contribution >= 0.6 is 0 Å². The van der Waals surface area contributed by atoms with Crippen LogP contribution in [0.5, 0.6) is 5.88 Å². The molecule has 4 rings (SSSR count). The number of aromatic nitrogens is 2. The number of nitrogens with zero attached hydrogens (tertiary/aromatic N) is 4. The lowest BCUT2D eigenvalue weighted by Crippen LogP contribution is -2.41. The van der Waals surface area contributed by atoms with Crippen LogP contribution in [-0.2, 0) is 4.79 Å². The van der Waals surface area contributed by atoms with Crippen molar-refractivity contribution in [3.63, 3.8) is 0 Å². The summed E-state index contributed by atoms with van der Waals surface area (Å²) in [5, 5.41) is 3.23. The fourth-order valence-electron chi connectivity index (χ4n) is 3.56. The summed E-state index contributed by atoms with van der Waals surface area (Å²) in [5.74, 6) is -0.831. The van der Waals surface area contributed by atoms with Gasteiger partial charge >= 0.3 is 6.61 Å². The molecule has 3 N–H and O–H groups in total. The minimum absolute atomic E-state index is 0.0823. The third-order valence-corrected chi connectivity index (χ3v) is 5.18. The van der Waals surface area contributed by atoms with Crippen LogP contribution in [0.3, 0.4) is 0 Å². The Kier molecular flexibility index (Phi) is 6.48. The molecule has 2 aromatic heterocycles. The van der Waals surface area contributed by atoms with Crippen molar-refractivity contribution in [3.8, 4) is 17.0 Å². The molecule has 0 radical (unpaired) electrons. The van der Waals surface area contributed by atoms with Crippen molar-refractivity contribution in [1.82, 2.24) is 9.97 Å². The molecule has 1 aliphatic heterocycles. The van der Waals surface area contributed by atoms with Gasteiger partial charge in [0, 0.05) is 23.5 Å². The maximum Gasteiger partial charge on any atom is 0.388 e. The first-order valence-electron chi connectivity index (χ1n) is 10.4. The molecule has 0 aliphatic carbocycles. The number of nitrogens with two attached hydrogens (primary N) is 1. The lowest BCUT2D eigenvalue weighted by molar-refractivity contribution is -0.111. The molecule has 1 unspecified atom stereocenters. The van der Waals surface area contributed by atoms with Crippen molar-refractivity contribution < 1.29 is 18.3 Å². The maximum atomic E-state index is 12.7. The first-order valence-corrected chi connectivity index (χ1v) is 10.4. The van der Waals surface area contributed by atoms with Gasteiger partial charge in [0.05, 0.1) is 23.3 Å². The number of rotatable bonds is 7. The highest BCUT2D eigenvalue weighted by Gasteiger charge is 2.25. The zero-order valence-electron chi connectivity index (χ0n) is 18.4. The van der Waals surface area contributed by atoms with Crippen molar-refractivity contribution in [2.75, 3.05) is 10.2 Å². The van der Waals surface area contributed by atoms with Gasteiger partial charge in [-0.05, 0) is 37.6 Å². The number of hydrogen-bond acceptors (Lipinski definition) is 7. The number of nitrogens with one attached hydrogen (secondary N) is 1. The molecule has 0 bridgehead atoms. The number of anilines is 2. The van der Waals surface area contributed by atoms with E-state index < -0.39 is 18.8 Å². The molecule has 1 amide bonds. The molecule has 1 aliphatic rings. The highest BCUT2D eigenvalue weighted by molar-refractivity contribution is 6.43. The van der Waals surface area contributed by atoms with Crippen LogP contribution in [0, 0.1) is 13.8 Å². The summed E-state index contributed by atoms with van der Waals surface area (Å²) in [5.41, 5.74) is 9.51. The highest BCUT2D eigenvalue weighted by atomic mass is 19.3. The van der Waals surface area contributed by atoms with E-state index in [1.54, 1.807) is 43.4 Å². The van der Waals surface area contributed by atoms with Crippen LogP contribution in [-0.4, -0.2) is 34.5 Å². The Bertz CT molecular complexity index is 1260. The van der Waals surface area contributed by atoms with Crippen molar-refractivity contribution in [2.45, 2.75) is 26.7 Å². The molecule has 8 nitrogen and oxygen atoms in total. The third-order valence-electron chi connectivity index (χ3n) is 5.18. The van der Waals surface area contributed by atoms with Gasteiger partial charge in [-0.2, -0.15) is 8.78 Å². The van der Waals surface area contributed by atoms with Gasteiger partial charge < -0.3 is 20.7 Å². The number of pyridine rings is 2. The lowest BCUT2D eigenvalue weighted by atomic mass is 10.0. The monoisotopic (exact) mass is 464 g/mol. The summed E-state index contributed by atoms with van der Waals surface area (Å²) in [6.45, 7) is 0.287. The number of carbonyl (C=O) groups excluding carboxylic acids is 1. The summed E-state index contributed by atoms with van der Waals surface area (Å²) in [7, 11) is 0. The SMILES string of the molecule is Cc1cc(NC2N=C(C(N)=O)C=CN2c2cnccc2-c2ccccc2)c(C)nc1OC(F)F. The van der Waals surface area contributed by atoms with Gasteiger partial charge in [0.2, 0.25) is 12.2 Å². The number of amides is 1. The second-order valence-electron chi connectivity index (χ2n) is 7.50. The fourth-order valence-corrected chi connectivity index (χ4v) is 3.56. The highest BCUT2D eigenvalue weighted by Crippen LogP contribution is 2.33. The first kappa shape index (κ1) is 22.8. The Labute approximate surface area is 194 Å². The van der Waals surface area contributed by atoms with Crippen LogP contribution in [0.1, 0.15) is 11.3 Å². The Hall–Kier alpha value is -4.34. The summed E-state index contributed by atoms with van der Waals surface area (Å²) in [4.78, 5) is 26.5. The minimum Gasteiger partial charge on any atom is -0.417 e. The number of hydrogen-bond donors (Lipinski definition) is 2. The van der Waals surface area contributed by atoms with E-state index in [4.69, 9.17) is 5.73 Å².